The number of aryl methyl sites for hydroxylation is 1. The van der Waals surface area contributed by atoms with Crippen molar-refractivity contribution in [2.24, 2.45) is 17.3 Å². The fourth-order valence-corrected chi connectivity index (χ4v) is 9.36. The molecule has 3 aromatic rings. The molecule has 3 aliphatic heterocycles. The van der Waals surface area contributed by atoms with Crippen LogP contribution in [0.1, 0.15) is 88.5 Å². The van der Waals surface area contributed by atoms with E-state index in [2.05, 4.69) is 18.1 Å². The molecular formula is C48H61NO16S. The summed E-state index contributed by atoms with van der Waals surface area (Å²) in [5.41, 5.74) is -0.168. The smallest absolute Gasteiger partial charge is 0.493 e. The number of epoxide rings is 1. The number of rotatable bonds is 12. The molecule has 17 nitrogen and oxygen atoms in total. The lowest BCUT2D eigenvalue weighted by Gasteiger charge is -2.39. The Balaban J connectivity index is 1.21. The second kappa shape index (κ2) is 21.3. The maximum absolute atomic E-state index is 14.6. The first-order valence-electron chi connectivity index (χ1n) is 22.0. The number of methoxy groups -OCH3 is 1. The van der Waals surface area contributed by atoms with Gasteiger partial charge in [-0.05, 0) is 88.3 Å². The Morgan fingerprint density at radius 2 is 1.73 bits per heavy atom. The standard InChI is InChI=1S/C48H61NO16S/c1-9-12-29-38(51)25(3)13-11-18-48(7)36(65-48)22-32(28-15-17-34-30(21-28)49-26(4)66-34)61-37(50)23-35(47(5,6)43(29)55)63-46(57)60-24-27-14-16-31(33(20-27)58-8)62-45-41(54)39(52)40(53)42(64-45)44(56)59-19-10-2/h9-10,14-17,20-21,25,29,32,35-36,38-42,45,51-54H,1-2,11-13,18-19,22-24H2,3-8H3/t25-,29+,32-,35-,36-,38-,39-,40-,41+,42-,45+,48+/m0/s1. The third kappa shape index (κ3) is 11.6. The number of thiazole rings is 1. The van der Waals surface area contributed by atoms with Gasteiger partial charge in [0.2, 0.25) is 6.29 Å². The van der Waals surface area contributed by atoms with Crippen LogP contribution < -0.4 is 9.47 Å². The number of ether oxygens (including phenoxy) is 8. The number of hydrogen-bond acceptors (Lipinski definition) is 18. The molecule has 0 spiro atoms. The first kappa shape index (κ1) is 50.5. The zero-order valence-corrected chi connectivity index (χ0v) is 38.9. The van der Waals surface area contributed by atoms with Crippen LogP contribution >= 0.6 is 11.3 Å². The summed E-state index contributed by atoms with van der Waals surface area (Å²) >= 11 is 1.55. The predicted octanol–water partition coefficient (Wildman–Crippen LogP) is 5.74. The molecule has 12 atom stereocenters. The summed E-state index contributed by atoms with van der Waals surface area (Å²) in [6.07, 6.45) is -8.59. The fourth-order valence-electron chi connectivity index (χ4n) is 8.56. The van der Waals surface area contributed by atoms with Crippen LogP contribution in [0.5, 0.6) is 11.5 Å². The van der Waals surface area contributed by atoms with Gasteiger partial charge in [-0.3, -0.25) is 9.59 Å². The summed E-state index contributed by atoms with van der Waals surface area (Å²) in [4.78, 5) is 59.4. The van der Waals surface area contributed by atoms with E-state index in [-0.39, 0.29) is 43.2 Å². The number of aliphatic hydroxyl groups is 4. The molecule has 6 rings (SSSR count). The second-order valence-electron chi connectivity index (χ2n) is 17.9. The molecule has 66 heavy (non-hydrogen) atoms. The monoisotopic (exact) mass is 939 g/mol. The highest BCUT2D eigenvalue weighted by molar-refractivity contribution is 7.18. The molecule has 0 aliphatic carbocycles. The second-order valence-corrected chi connectivity index (χ2v) is 19.2. The quantitative estimate of drug-likeness (QED) is 0.0733. The van der Waals surface area contributed by atoms with Crippen molar-refractivity contribution in [1.29, 1.82) is 0 Å². The number of Topliss-reactive ketones (excluding diaryl/α,β-unsaturated/α-hetero) is 1. The highest BCUT2D eigenvalue weighted by Gasteiger charge is 2.54. The molecule has 4 heterocycles. The zero-order valence-electron chi connectivity index (χ0n) is 38.1. The van der Waals surface area contributed by atoms with Gasteiger partial charge in [-0.1, -0.05) is 44.2 Å². The number of carbonyl (C=O) groups is 4. The van der Waals surface area contributed by atoms with Crippen molar-refractivity contribution in [3.63, 3.8) is 0 Å². The van der Waals surface area contributed by atoms with E-state index in [1.807, 2.05) is 39.0 Å². The normalized spacial score (nSPS) is 31.7. The molecule has 3 aliphatic rings. The SMILES string of the molecule is C=CCOC(=O)[C@H]1O[C@@H](Oc2ccc(COC(=O)O[C@H]3CC(=O)O[C@H](c4ccc5sc(C)nc5c4)C[C@@H]4O[C@]4(C)CCC[C@H](C)[C@H](O)[C@@H](CC=C)C(=O)C3(C)C)cc2OC)[C@H](O)[C@@H](O)[C@@H]1O. The number of cyclic esters (lactones) is 1. The van der Waals surface area contributed by atoms with Gasteiger partial charge >= 0.3 is 18.1 Å². The van der Waals surface area contributed by atoms with Crippen LogP contribution in [0.2, 0.25) is 0 Å². The van der Waals surface area contributed by atoms with E-state index in [9.17, 15) is 39.6 Å². The third-order valence-electron chi connectivity index (χ3n) is 12.7. The highest BCUT2D eigenvalue weighted by atomic mass is 32.1. The van der Waals surface area contributed by atoms with E-state index in [0.29, 0.717) is 30.4 Å². The molecular weight excluding hydrogens is 879 g/mol. The lowest BCUT2D eigenvalue weighted by molar-refractivity contribution is -0.272. The first-order valence-corrected chi connectivity index (χ1v) is 22.8. The molecule has 3 fully saturated rings. The van der Waals surface area contributed by atoms with Crippen molar-refractivity contribution in [2.75, 3.05) is 13.7 Å². The van der Waals surface area contributed by atoms with Crippen LogP contribution in [-0.2, 0) is 49.4 Å². The van der Waals surface area contributed by atoms with Gasteiger partial charge < -0.3 is 58.3 Å². The zero-order chi connectivity index (χ0) is 48.1. The summed E-state index contributed by atoms with van der Waals surface area (Å²) in [5, 5.41) is 44.0. The van der Waals surface area contributed by atoms with E-state index in [4.69, 9.17) is 37.9 Å². The van der Waals surface area contributed by atoms with E-state index in [1.54, 1.807) is 31.3 Å². The fraction of sp³-hybridized carbons (Fsp3) is 0.562. The molecule has 0 saturated carbocycles. The van der Waals surface area contributed by atoms with Crippen LogP contribution in [0.15, 0.2) is 61.7 Å². The van der Waals surface area contributed by atoms with Gasteiger partial charge in [-0.25, -0.2) is 14.6 Å². The number of esters is 2. The topological polar surface area (TPSA) is 239 Å². The number of fused-ring (bicyclic) bond motifs is 2. The molecule has 0 bridgehead atoms. The Morgan fingerprint density at radius 3 is 2.44 bits per heavy atom. The predicted molar refractivity (Wildman–Crippen MR) is 238 cm³/mol. The van der Waals surface area contributed by atoms with Crippen molar-refractivity contribution in [2.45, 2.75) is 140 Å². The van der Waals surface area contributed by atoms with Crippen molar-refractivity contribution >= 4 is 45.4 Å². The molecule has 2 aromatic carbocycles. The first-order chi connectivity index (χ1) is 31.3. The maximum Gasteiger partial charge on any atom is 0.508 e. The number of nitrogens with zero attached hydrogens (tertiary/aromatic N) is 1. The molecule has 1 aromatic heterocycles. The maximum atomic E-state index is 14.6. The van der Waals surface area contributed by atoms with Gasteiger partial charge in [0.1, 0.15) is 49.5 Å². The Labute approximate surface area is 387 Å². The minimum Gasteiger partial charge on any atom is -0.493 e. The number of benzene rings is 2. The summed E-state index contributed by atoms with van der Waals surface area (Å²) in [7, 11) is 1.32. The average molecular weight is 940 g/mol. The Morgan fingerprint density at radius 1 is 0.970 bits per heavy atom. The van der Waals surface area contributed by atoms with Crippen molar-refractivity contribution in [3.05, 3.63) is 77.8 Å². The van der Waals surface area contributed by atoms with Gasteiger partial charge in [-0.15, -0.1) is 17.9 Å². The minimum absolute atomic E-state index is 0.0112. The van der Waals surface area contributed by atoms with Crippen LogP contribution in [0.25, 0.3) is 10.2 Å². The molecule has 0 unspecified atom stereocenters. The summed E-state index contributed by atoms with van der Waals surface area (Å²) in [5.74, 6) is -3.36. The van der Waals surface area contributed by atoms with Crippen LogP contribution in [-0.4, -0.2) is 118 Å². The Kier molecular flexibility index (Phi) is 16.3. The van der Waals surface area contributed by atoms with Crippen molar-refractivity contribution in [3.8, 4) is 11.5 Å². The van der Waals surface area contributed by atoms with Crippen molar-refractivity contribution in [1.82, 2.24) is 4.98 Å². The average Bonchev–Trinajstić information content (AvgIpc) is 3.76. The minimum atomic E-state index is -1.84. The van der Waals surface area contributed by atoms with Gasteiger partial charge in [0.25, 0.3) is 0 Å². The number of allylic oxidation sites excluding steroid dienone is 1. The molecule has 0 radical (unpaired) electrons. The van der Waals surface area contributed by atoms with E-state index >= 15 is 0 Å². The largest absolute Gasteiger partial charge is 0.508 e. The van der Waals surface area contributed by atoms with E-state index < -0.39 is 96.2 Å². The summed E-state index contributed by atoms with van der Waals surface area (Å²) in [6, 6.07) is 10.1. The Bertz CT molecular complexity index is 2240. The molecule has 360 valence electrons. The van der Waals surface area contributed by atoms with Crippen LogP contribution in [0, 0.1) is 24.2 Å². The third-order valence-corrected chi connectivity index (χ3v) is 13.7. The number of aromatic nitrogens is 1. The lowest BCUT2D eigenvalue weighted by Crippen LogP contribution is -2.61. The number of carbonyl (C=O) groups excluding carboxylic acids is 4. The van der Waals surface area contributed by atoms with Crippen molar-refractivity contribution < 1.29 is 77.5 Å². The number of ketones is 1. The lowest BCUT2D eigenvalue weighted by atomic mass is 9.71. The number of hydrogen-bond donors (Lipinski definition) is 4. The van der Waals surface area contributed by atoms with Crippen LogP contribution in [0.4, 0.5) is 4.79 Å². The van der Waals surface area contributed by atoms with Gasteiger partial charge in [-0.2, -0.15) is 0 Å². The molecule has 0 amide bonds. The number of aliphatic hydroxyl groups excluding tert-OH is 4. The molecule has 4 N–H and O–H groups in total. The molecule has 3 saturated heterocycles. The van der Waals surface area contributed by atoms with Crippen LogP contribution in [0.3, 0.4) is 0 Å². The van der Waals surface area contributed by atoms with E-state index in [0.717, 1.165) is 21.6 Å². The summed E-state index contributed by atoms with van der Waals surface area (Å²) < 4.78 is 46.5. The molecule has 18 heteroatoms. The van der Waals surface area contributed by atoms with E-state index in [1.165, 1.54) is 31.4 Å². The van der Waals surface area contributed by atoms with Gasteiger partial charge in [0.15, 0.2) is 17.6 Å². The highest BCUT2D eigenvalue weighted by Crippen LogP contribution is 2.47. The van der Waals surface area contributed by atoms with Gasteiger partial charge in [0, 0.05) is 12.3 Å². The van der Waals surface area contributed by atoms with Gasteiger partial charge in [0.05, 0.1) is 52.0 Å². The Hall–Kier alpha value is -4.95. The summed E-state index contributed by atoms with van der Waals surface area (Å²) in [6.45, 7) is 15.6.